The number of hydrogen-bond acceptors (Lipinski definition) is 3. The van der Waals surface area contributed by atoms with E-state index < -0.39 is 0 Å². The standard InChI is InChI=1S/C13H24N4O2/c1-4-7-17-12(5-6-14-17)16-13(19)15-11(9-18)8-10(2)3/h5-6,10-11,18H,4,7-9H2,1-3H3,(H2,15,16,19). The van der Waals surface area contributed by atoms with Crippen molar-refractivity contribution in [3.05, 3.63) is 12.3 Å². The number of nitrogens with one attached hydrogen (secondary N) is 2. The van der Waals surface area contributed by atoms with Gasteiger partial charge in [0.2, 0.25) is 0 Å². The van der Waals surface area contributed by atoms with Crippen LogP contribution in [0.15, 0.2) is 12.3 Å². The van der Waals surface area contributed by atoms with Crippen LogP contribution in [-0.2, 0) is 6.54 Å². The Hall–Kier alpha value is -1.56. The average molecular weight is 268 g/mol. The summed E-state index contributed by atoms with van der Waals surface area (Å²) in [7, 11) is 0. The third-order valence-electron chi connectivity index (χ3n) is 2.71. The summed E-state index contributed by atoms with van der Waals surface area (Å²) in [6.07, 6.45) is 3.35. The monoisotopic (exact) mass is 268 g/mol. The van der Waals surface area contributed by atoms with Crippen LogP contribution in [0.5, 0.6) is 0 Å². The van der Waals surface area contributed by atoms with E-state index >= 15 is 0 Å². The van der Waals surface area contributed by atoms with Gasteiger partial charge in [0.15, 0.2) is 0 Å². The predicted octanol–water partition coefficient (Wildman–Crippen LogP) is 1.82. The van der Waals surface area contributed by atoms with Crippen molar-refractivity contribution in [1.29, 1.82) is 0 Å². The molecule has 108 valence electrons. The Kier molecular flexibility index (Phi) is 6.35. The molecule has 6 nitrogen and oxygen atoms in total. The van der Waals surface area contributed by atoms with Gasteiger partial charge in [-0.15, -0.1) is 0 Å². The molecule has 1 atom stereocenters. The number of aryl methyl sites for hydroxylation is 1. The highest BCUT2D eigenvalue weighted by Gasteiger charge is 2.14. The summed E-state index contributed by atoms with van der Waals surface area (Å²) < 4.78 is 1.75. The Labute approximate surface area is 114 Å². The van der Waals surface area contributed by atoms with Gasteiger partial charge >= 0.3 is 6.03 Å². The fourth-order valence-electron chi connectivity index (χ4n) is 1.91. The summed E-state index contributed by atoms with van der Waals surface area (Å²) >= 11 is 0. The lowest BCUT2D eigenvalue weighted by molar-refractivity contribution is 0.214. The van der Waals surface area contributed by atoms with Gasteiger partial charge in [-0.3, -0.25) is 5.32 Å². The summed E-state index contributed by atoms with van der Waals surface area (Å²) in [5, 5.41) is 18.9. The number of aromatic nitrogens is 2. The second kappa shape index (κ2) is 7.78. The van der Waals surface area contributed by atoms with Gasteiger partial charge in [0.25, 0.3) is 0 Å². The van der Waals surface area contributed by atoms with Crippen LogP contribution in [0.3, 0.4) is 0 Å². The quantitative estimate of drug-likeness (QED) is 0.705. The van der Waals surface area contributed by atoms with Crippen molar-refractivity contribution in [2.24, 2.45) is 5.92 Å². The zero-order valence-corrected chi connectivity index (χ0v) is 11.9. The number of urea groups is 1. The lowest BCUT2D eigenvalue weighted by Gasteiger charge is -2.18. The first-order valence-electron chi connectivity index (χ1n) is 6.77. The van der Waals surface area contributed by atoms with Crippen LogP contribution in [0.1, 0.15) is 33.6 Å². The molecule has 0 aromatic carbocycles. The average Bonchev–Trinajstić information content (AvgIpc) is 2.75. The highest BCUT2D eigenvalue weighted by atomic mass is 16.3. The summed E-state index contributed by atoms with van der Waals surface area (Å²) in [5.41, 5.74) is 0. The Morgan fingerprint density at radius 2 is 2.26 bits per heavy atom. The number of carbonyl (C=O) groups excluding carboxylic acids is 1. The molecule has 1 heterocycles. The third-order valence-corrected chi connectivity index (χ3v) is 2.71. The van der Waals surface area contributed by atoms with Crippen molar-refractivity contribution in [3.63, 3.8) is 0 Å². The Balaban J connectivity index is 2.51. The molecular formula is C13H24N4O2. The minimum absolute atomic E-state index is 0.0557. The Morgan fingerprint density at radius 1 is 1.53 bits per heavy atom. The van der Waals surface area contributed by atoms with E-state index in [1.54, 1.807) is 16.9 Å². The van der Waals surface area contributed by atoms with Crippen LogP contribution in [-0.4, -0.2) is 33.6 Å². The van der Waals surface area contributed by atoms with Gasteiger partial charge in [0.1, 0.15) is 5.82 Å². The number of amides is 2. The molecule has 0 aliphatic carbocycles. The molecule has 1 unspecified atom stereocenters. The van der Waals surface area contributed by atoms with E-state index in [0.29, 0.717) is 11.7 Å². The molecule has 1 aromatic heterocycles. The highest BCUT2D eigenvalue weighted by molar-refractivity contribution is 5.88. The zero-order valence-electron chi connectivity index (χ0n) is 11.9. The first-order valence-corrected chi connectivity index (χ1v) is 6.77. The molecule has 0 saturated heterocycles. The van der Waals surface area contributed by atoms with Gasteiger partial charge < -0.3 is 10.4 Å². The number of aliphatic hydroxyl groups is 1. The summed E-state index contributed by atoms with van der Waals surface area (Å²) in [6.45, 7) is 6.87. The van der Waals surface area contributed by atoms with Crippen molar-refractivity contribution >= 4 is 11.8 Å². The van der Waals surface area contributed by atoms with E-state index in [1.165, 1.54) is 0 Å². The van der Waals surface area contributed by atoms with Gasteiger partial charge in [-0.1, -0.05) is 20.8 Å². The number of nitrogens with zero attached hydrogens (tertiary/aromatic N) is 2. The molecule has 0 radical (unpaired) electrons. The van der Waals surface area contributed by atoms with E-state index in [9.17, 15) is 9.90 Å². The molecular weight excluding hydrogens is 244 g/mol. The summed E-state index contributed by atoms with van der Waals surface area (Å²) in [6, 6.07) is 1.23. The van der Waals surface area contributed by atoms with Crippen LogP contribution < -0.4 is 10.6 Å². The topological polar surface area (TPSA) is 79.2 Å². The molecule has 0 saturated carbocycles. The van der Waals surface area contributed by atoms with Crippen molar-refractivity contribution in [2.75, 3.05) is 11.9 Å². The second-order valence-electron chi connectivity index (χ2n) is 5.05. The van der Waals surface area contributed by atoms with Crippen molar-refractivity contribution < 1.29 is 9.90 Å². The van der Waals surface area contributed by atoms with Gasteiger partial charge in [-0.25, -0.2) is 9.48 Å². The molecule has 6 heteroatoms. The Morgan fingerprint density at radius 3 is 2.84 bits per heavy atom. The van der Waals surface area contributed by atoms with Crippen LogP contribution in [0.2, 0.25) is 0 Å². The SMILES string of the molecule is CCCn1nccc1NC(=O)NC(CO)CC(C)C. The minimum Gasteiger partial charge on any atom is -0.394 e. The normalized spacial score (nSPS) is 12.5. The van der Waals surface area contributed by atoms with Gasteiger partial charge in [-0.2, -0.15) is 5.10 Å². The number of rotatable bonds is 7. The van der Waals surface area contributed by atoms with Gasteiger partial charge in [0, 0.05) is 12.6 Å². The van der Waals surface area contributed by atoms with Gasteiger partial charge in [-0.05, 0) is 18.8 Å². The number of anilines is 1. The number of hydrogen-bond donors (Lipinski definition) is 3. The molecule has 0 aliphatic rings. The van der Waals surface area contributed by atoms with Crippen molar-refractivity contribution in [2.45, 2.75) is 46.2 Å². The smallest absolute Gasteiger partial charge is 0.320 e. The predicted molar refractivity (Wildman–Crippen MR) is 75.0 cm³/mol. The highest BCUT2D eigenvalue weighted by Crippen LogP contribution is 2.08. The third kappa shape index (κ3) is 5.30. The van der Waals surface area contributed by atoms with E-state index in [2.05, 4.69) is 36.5 Å². The van der Waals surface area contributed by atoms with Crippen LogP contribution >= 0.6 is 0 Å². The molecule has 2 amide bonds. The molecule has 1 rings (SSSR count). The number of aliphatic hydroxyl groups excluding tert-OH is 1. The molecule has 0 spiro atoms. The first-order chi connectivity index (χ1) is 9.06. The molecule has 3 N–H and O–H groups in total. The van der Waals surface area contributed by atoms with E-state index in [0.717, 1.165) is 19.4 Å². The lowest BCUT2D eigenvalue weighted by atomic mass is 10.0. The van der Waals surface area contributed by atoms with Crippen molar-refractivity contribution in [3.8, 4) is 0 Å². The lowest BCUT2D eigenvalue weighted by Crippen LogP contribution is -2.41. The summed E-state index contributed by atoms with van der Waals surface area (Å²) in [4.78, 5) is 11.8. The van der Waals surface area contributed by atoms with Crippen LogP contribution in [0.25, 0.3) is 0 Å². The fourth-order valence-corrected chi connectivity index (χ4v) is 1.91. The van der Waals surface area contributed by atoms with E-state index in [4.69, 9.17) is 0 Å². The minimum atomic E-state index is -0.308. The maximum atomic E-state index is 11.8. The fraction of sp³-hybridized carbons (Fsp3) is 0.692. The molecule has 0 aliphatic heterocycles. The first kappa shape index (κ1) is 15.5. The second-order valence-corrected chi connectivity index (χ2v) is 5.05. The molecule has 0 bridgehead atoms. The zero-order chi connectivity index (χ0) is 14.3. The summed E-state index contributed by atoms with van der Waals surface area (Å²) in [5.74, 6) is 1.09. The van der Waals surface area contributed by atoms with Crippen LogP contribution in [0.4, 0.5) is 10.6 Å². The van der Waals surface area contributed by atoms with E-state index in [1.807, 2.05) is 0 Å². The van der Waals surface area contributed by atoms with Crippen LogP contribution in [0, 0.1) is 5.92 Å². The van der Waals surface area contributed by atoms with Gasteiger partial charge in [0.05, 0.1) is 18.8 Å². The molecule has 1 aromatic rings. The van der Waals surface area contributed by atoms with Crippen molar-refractivity contribution in [1.82, 2.24) is 15.1 Å². The largest absolute Gasteiger partial charge is 0.394 e. The maximum absolute atomic E-state index is 11.8. The molecule has 19 heavy (non-hydrogen) atoms. The maximum Gasteiger partial charge on any atom is 0.320 e. The Bertz CT molecular complexity index is 390. The number of carbonyl (C=O) groups is 1. The van der Waals surface area contributed by atoms with E-state index in [-0.39, 0.29) is 18.7 Å². The molecule has 0 fully saturated rings.